The normalized spacial score (nSPS) is 24.8. The Morgan fingerprint density at radius 1 is 1.45 bits per heavy atom. The van der Waals surface area contributed by atoms with Crippen LogP contribution in [0.3, 0.4) is 0 Å². The van der Waals surface area contributed by atoms with Gasteiger partial charge in [0.05, 0.1) is 11.1 Å². The number of nitrogens with two attached hydrogens (primary N) is 1. The first kappa shape index (κ1) is 15.7. The average Bonchev–Trinajstić information content (AvgIpc) is 2.46. The SMILES string of the molecule is COC1CCN(S(=O)(=O)c2ccccc2Cl)C(CN)C1. The van der Waals surface area contributed by atoms with Gasteiger partial charge in [0.1, 0.15) is 4.90 Å². The topological polar surface area (TPSA) is 72.6 Å². The molecule has 2 N–H and O–H groups in total. The van der Waals surface area contributed by atoms with Crippen LogP contribution in [0.15, 0.2) is 29.2 Å². The Labute approximate surface area is 124 Å². The van der Waals surface area contributed by atoms with Gasteiger partial charge in [-0.15, -0.1) is 0 Å². The third-order valence-electron chi connectivity index (χ3n) is 3.64. The van der Waals surface area contributed by atoms with Gasteiger partial charge in [0.2, 0.25) is 10.0 Å². The summed E-state index contributed by atoms with van der Waals surface area (Å²) >= 11 is 6.01. The van der Waals surface area contributed by atoms with Crippen LogP contribution in [0, 0.1) is 0 Å². The monoisotopic (exact) mass is 318 g/mol. The quantitative estimate of drug-likeness (QED) is 0.912. The molecule has 1 fully saturated rings. The highest BCUT2D eigenvalue weighted by Crippen LogP contribution is 2.29. The Hall–Kier alpha value is -0.660. The predicted octanol–water partition coefficient (Wildman–Crippen LogP) is 1.47. The molecule has 0 bridgehead atoms. The van der Waals surface area contributed by atoms with Crippen LogP contribution in [0.4, 0.5) is 0 Å². The van der Waals surface area contributed by atoms with Crippen LogP contribution in [-0.4, -0.2) is 45.1 Å². The summed E-state index contributed by atoms with van der Waals surface area (Å²) in [5.41, 5.74) is 5.73. The van der Waals surface area contributed by atoms with E-state index in [-0.39, 0.29) is 28.6 Å². The highest BCUT2D eigenvalue weighted by Gasteiger charge is 2.36. The zero-order valence-corrected chi connectivity index (χ0v) is 12.9. The van der Waals surface area contributed by atoms with Crippen LogP contribution in [0.25, 0.3) is 0 Å². The van der Waals surface area contributed by atoms with E-state index in [4.69, 9.17) is 22.1 Å². The van der Waals surface area contributed by atoms with Crippen LogP contribution in [0.1, 0.15) is 12.8 Å². The van der Waals surface area contributed by atoms with Gasteiger partial charge in [-0.3, -0.25) is 0 Å². The summed E-state index contributed by atoms with van der Waals surface area (Å²) < 4.78 is 32.2. The fourth-order valence-electron chi connectivity index (χ4n) is 2.52. The summed E-state index contributed by atoms with van der Waals surface area (Å²) in [6.07, 6.45) is 1.33. The first-order chi connectivity index (χ1) is 9.50. The Bertz CT molecular complexity index is 564. The van der Waals surface area contributed by atoms with Crippen LogP contribution in [-0.2, 0) is 14.8 Å². The molecule has 2 unspecified atom stereocenters. The molecule has 112 valence electrons. The van der Waals surface area contributed by atoms with Gasteiger partial charge in [0.15, 0.2) is 0 Å². The molecule has 0 saturated carbocycles. The molecule has 1 heterocycles. The third kappa shape index (κ3) is 2.99. The van der Waals surface area contributed by atoms with Gasteiger partial charge >= 0.3 is 0 Å². The molecule has 1 aliphatic rings. The summed E-state index contributed by atoms with van der Waals surface area (Å²) in [5.74, 6) is 0. The maximum absolute atomic E-state index is 12.7. The van der Waals surface area contributed by atoms with E-state index >= 15 is 0 Å². The number of nitrogens with zero attached hydrogens (tertiary/aromatic N) is 1. The molecule has 20 heavy (non-hydrogen) atoms. The van der Waals surface area contributed by atoms with E-state index in [0.29, 0.717) is 19.4 Å². The zero-order chi connectivity index (χ0) is 14.8. The number of hydrogen-bond acceptors (Lipinski definition) is 4. The second kappa shape index (κ2) is 6.41. The second-order valence-electron chi connectivity index (χ2n) is 4.82. The maximum Gasteiger partial charge on any atom is 0.244 e. The van der Waals surface area contributed by atoms with Gasteiger partial charge < -0.3 is 10.5 Å². The lowest BCUT2D eigenvalue weighted by molar-refractivity contribution is 0.0401. The molecule has 0 aliphatic carbocycles. The first-order valence-electron chi connectivity index (χ1n) is 6.50. The fourth-order valence-corrected chi connectivity index (χ4v) is 4.67. The van der Waals surface area contributed by atoms with Crippen LogP contribution in [0.5, 0.6) is 0 Å². The summed E-state index contributed by atoms with van der Waals surface area (Å²) in [5, 5.41) is 0.233. The average molecular weight is 319 g/mol. The zero-order valence-electron chi connectivity index (χ0n) is 11.3. The van der Waals surface area contributed by atoms with Crippen molar-refractivity contribution in [2.45, 2.75) is 29.9 Å². The summed E-state index contributed by atoms with van der Waals surface area (Å²) in [4.78, 5) is 0.135. The van der Waals surface area contributed by atoms with Gasteiger partial charge in [-0.25, -0.2) is 8.42 Å². The van der Waals surface area contributed by atoms with E-state index in [0.717, 1.165) is 0 Å². The van der Waals surface area contributed by atoms with E-state index < -0.39 is 10.0 Å². The van der Waals surface area contributed by atoms with Crippen LogP contribution >= 0.6 is 11.6 Å². The standard InChI is InChI=1S/C13H19ClN2O3S/c1-19-11-6-7-16(10(8-11)9-15)20(17,18)13-5-3-2-4-12(13)14/h2-5,10-11H,6-9,15H2,1H3. The Balaban J connectivity index is 2.32. The van der Waals surface area contributed by atoms with Crippen LogP contribution in [0.2, 0.25) is 5.02 Å². The molecule has 1 aliphatic heterocycles. The minimum absolute atomic E-state index is 0.0567. The highest BCUT2D eigenvalue weighted by atomic mass is 35.5. The van der Waals surface area contributed by atoms with Crippen molar-refractivity contribution in [3.05, 3.63) is 29.3 Å². The molecule has 1 aromatic carbocycles. The molecular weight excluding hydrogens is 300 g/mol. The maximum atomic E-state index is 12.7. The van der Waals surface area contributed by atoms with Gasteiger partial charge in [-0.05, 0) is 25.0 Å². The number of rotatable bonds is 4. The third-order valence-corrected chi connectivity index (χ3v) is 6.09. The smallest absolute Gasteiger partial charge is 0.244 e. The van der Waals surface area contributed by atoms with Crippen molar-refractivity contribution < 1.29 is 13.2 Å². The van der Waals surface area contributed by atoms with E-state index in [1.807, 2.05) is 0 Å². The lowest BCUT2D eigenvalue weighted by Crippen LogP contribution is -2.51. The molecule has 0 amide bonds. The molecule has 1 aromatic rings. The summed E-state index contributed by atoms with van der Waals surface area (Å²) in [6, 6.07) is 6.22. The number of hydrogen-bond donors (Lipinski definition) is 1. The van der Waals surface area contributed by atoms with Crippen LogP contribution < -0.4 is 5.73 Å². The Kier molecular flexibility index (Phi) is 5.04. The molecule has 0 radical (unpaired) electrons. The summed E-state index contributed by atoms with van der Waals surface area (Å²) in [7, 11) is -1.98. The van der Waals surface area contributed by atoms with Crippen molar-refractivity contribution in [1.29, 1.82) is 0 Å². The molecule has 0 aromatic heterocycles. The van der Waals surface area contributed by atoms with Gasteiger partial charge in [-0.2, -0.15) is 4.31 Å². The number of piperidine rings is 1. The molecule has 2 rings (SSSR count). The largest absolute Gasteiger partial charge is 0.381 e. The first-order valence-corrected chi connectivity index (χ1v) is 8.31. The number of benzene rings is 1. The van der Waals surface area contributed by atoms with Crippen molar-refractivity contribution in [3.8, 4) is 0 Å². The molecule has 7 heteroatoms. The van der Waals surface area contributed by atoms with Crippen molar-refractivity contribution in [1.82, 2.24) is 4.31 Å². The molecule has 2 atom stereocenters. The molecule has 0 spiro atoms. The molecule has 1 saturated heterocycles. The van der Waals surface area contributed by atoms with Gasteiger partial charge in [0.25, 0.3) is 0 Å². The van der Waals surface area contributed by atoms with Crippen molar-refractivity contribution in [2.75, 3.05) is 20.2 Å². The van der Waals surface area contributed by atoms with Gasteiger partial charge in [0, 0.05) is 26.2 Å². The lowest BCUT2D eigenvalue weighted by Gasteiger charge is -2.37. The minimum Gasteiger partial charge on any atom is -0.381 e. The Morgan fingerprint density at radius 2 is 2.15 bits per heavy atom. The van der Waals surface area contributed by atoms with E-state index in [1.165, 1.54) is 10.4 Å². The summed E-state index contributed by atoms with van der Waals surface area (Å²) in [6.45, 7) is 0.664. The highest BCUT2D eigenvalue weighted by molar-refractivity contribution is 7.89. The number of halogens is 1. The lowest BCUT2D eigenvalue weighted by atomic mass is 10.0. The Morgan fingerprint density at radius 3 is 2.75 bits per heavy atom. The number of ether oxygens (including phenoxy) is 1. The molecule has 5 nitrogen and oxygen atoms in total. The number of sulfonamides is 1. The second-order valence-corrected chi connectivity index (χ2v) is 7.08. The van der Waals surface area contributed by atoms with Crippen molar-refractivity contribution in [2.24, 2.45) is 5.73 Å². The van der Waals surface area contributed by atoms with E-state index in [1.54, 1.807) is 25.3 Å². The fraction of sp³-hybridized carbons (Fsp3) is 0.538. The molecular formula is C13H19ClN2O3S. The van der Waals surface area contributed by atoms with Crippen molar-refractivity contribution >= 4 is 21.6 Å². The predicted molar refractivity (Wildman–Crippen MR) is 78.2 cm³/mol. The van der Waals surface area contributed by atoms with E-state index in [2.05, 4.69) is 0 Å². The minimum atomic E-state index is -3.62. The van der Waals surface area contributed by atoms with Gasteiger partial charge in [-0.1, -0.05) is 23.7 Å². The van der Waals surface area contributed by atoms with Crippen molar-refractivity contribution in [3.63, 3.8) is 0 Å². The number of methoxy groups -OCH3 is 1. The van der Waals surface area contributed by atoms with E-state index in [9.17, 15) is 8.42 Å².